The topological polar surface area (TPSA) is 67.9 Å². The van der Waals surface area contributed by atoms with E-state index in [0.717, 1.165) is 18.8 Å². The third kappa shape index (κ3) is 4.62. The molecule has 1 aliphatic heterocycles. The number of nitrogens with one attached hydrogen (secondary N) is 1. The van der Waals surface area contributed by atoms with Crippen LogP contribution in [0.5, 0.6) is 0 Å². The summed E-state index contributed by atoms with van der Waals surface area (Å²) >= 11 is 1.64. The van der Waals surface area contributed by atoms with Crippen molar-refractivity contribution < 1.29 is 19.1 Å². The Morgan fingerprint density at radius 2 is 2.08 bits per heavy atom. The zero-order chi connectivity index (χ0) is 18.4. The van der Waals surface area contributed by atoms with E-state index in [1.165, 1.54) is 12.0 Å². The van der Waals surface area contributed by atoms with Gasteiger partial charge in [-0.25, -0.2) is 4.79 Å². The lowest BCUT2D eigenvalue weighted by Crippen LogP contribution is -2.37. The number of anilines is 2. The number of hydrogen-bond acceptors (Lipinski definition) is 6. The molecule has 1 N–H and O–H groups in total. The van der Waals surface area contributed by atoms with E-state index >= 15 is 0 Å². The van der Waals surface area contributed by atoms with E-state index in [-0.39, 0.29) is 5.91 Å². The minimum absolute atomic E-state index is 0.0756. The summed E-state index contributed by atoms with van der Waals surface area (Å²) < 4.78 is 10.3. The number of benzene rings is 1. The third-order valence-corrected chi connectivity index (χ3v) is 5.15. The van der Waals surface area contributed by atoms with E-state index < -0.39 is 5.97 Å². The smallest absolute Gasteiger partial charge is 0.340 e. The van der Waals surface area contributed by atoms with Crippen molar-refractivity contribution in [3.8, 4) is 0 Å². The Morgan fingerprint density at radius 1 is 1.27 bits per heavy atom. The molecule has 0 saturated carbocycles. The van der Waals surface area contributed by atoms with E-state index in [2.05, 4.69) is 10.2 Å². The van der Waals surface area contributed by atoms with E-state index in [9.17, 15) is 9.59 Å². The summed E-state index contributed by atoms with van der Waals surface area (Å²) in [6.45, 7) is 2.69. The molecular weight excluding hydrogens is 352 g/mol. The fraction of sp³-hybridized carbons (Fsp3) is 0.368. The average Bonchev–Trinajstić information content (AvgIpc) is 3.20. The Kier molecular flexibility index (Phi) is 6.25. The monoisotopic (exact) mass is 374 g/mol. The Balaban J connectivity index is 1.71. The van der Waals surface area contributed by atoms with Gasteiger partial charge in [0.1, 0.15) is 0 Å². The van der Waals surface area contributed by atoms with Gasteiger partial charge in [0.15, 0.2) is 0 Å². The van der Waals surface area contributed by atoms with E-state index in [0.29, 0.717) is 37.3 Å². The average molecular weight is 374 g/mol. The van der Waals surface area contributed by atoms with Crippen LogP contribution in [0.25, 0.3) is 0 Å². The van der Waals surface area contributed by atoms with Crippen LogP contribution < -0.4 is 10.2 Å². The first-order valence-electron chi connectivity index (χ1n) is 8.54. The van der Waals surface area contributed by atoms with Crippen molar-refractivity contribution in [3.63, 3.8) is 0 Å². The molecule has 7 heteroatoms. The van der Waals surface area contributed by atoms with Crippen LogP contribution in [0, 0.1) is 0 Å². The Labute approximate surface area is 156 Å². The van der Waals surface area contributed by atoms with Crippen molar-refractivity contribution in [1.29, 1.82) is 0 Å². The van der Waals surface area contributed by atoms with E-state index in [4.69, 9.17) is 9.47 Å². The Morgan fingerprint density at radius 3 is 2.77 bits per heavy atom. The summed E-state index contributed by atoms with van der Waals surface area (Å²) in [5, 5.41) is 4.87. The molecule has 6 nitrogen and oxygen atoms in total. The molecule has 2 aromatic rings. The van der Waals surface area contributed by atoms with Gasteiger partial charge in [-0.3, -0.25) is 4.79 Å². The minimum atomic E-state index is -0.416. The van der Waals surface area contributed by atoms with Crippen molar-refractivity contribution in [2.24, 2.45) is 0 Å². The minimum Gasteiger partial charge on any atom is -0.465 e. The lowest BCUT2D eigenvalue weighted by atomic mass is 10.1. The summed E-state index contributed by atoms with van der Waals surface area (Å²) in [5.74, 6) is -0.491. The summed E-state index contributed by atoms with van der Waals surface area (Å²) in [7, 11) is 1.36. The highest BCUT2D eigenvalue weighted by molar-refractivity contribution is 7.09. The second-order valence-electron chi connectivity index (χ2n) is 5.95. The molecule has 0 bridgehead atoms. The molecular formula is C19H22N2O4S. The number of carbonyl (C=O) groups is 2. The predicted octanol–water partition coefficient (Wildman–Crippen LogP) is 2.94. The zero-order valence-electron chi connectivity index (χ0n) is 14.7. The maximum atomic E-state index is 12.2. The normalized spacial score (nSPS) is 14.1. The van der Waals surface area contributed by atoms with Crippen LogP contribution in [-0.4, -0.2) is 45.3 Å². The quantitative estimate of drug-likeness (QED) is 0.788. The summed E-state index contributed by atoms with van der Waals surface area (Å²) in [4.78, 5) is 27.7. The Bertz CT molecular complexity index is 755. The third-order valence-electron chi connectivity index (χ3n) is 4.22. The molecule has 26 heavy (non-hydrogen) atoms. The molecule has 1 fully saturated rings. The van der Waals surface area contributed by atoms with Crippen LogP contribution in [0.2, 0.25) is 0 Å². The predicted molar refractivity (Wildman–Crippen MR) is 102 cm³/mol. The number of esters is 1. The number of carbonyl (C=O) groups excluding carboxylic acids is 2. The number of thiophene rings is 1. The molecule has 138 valence electrons. The first-order chi connectivity index (χ1) is 12.7. The van der Waals surface area contributed by atoms with Gasteiger partial charge in [-0.1, -0.05) is 6.07 Å². The molecule has 1 saturated heterocycles. The van der Waals surface area contributed by atoms with Crippen LogP contribution in [-0.2, 0) is 20.7 Å². The molecule has 1 aromatic heterocycles. The molecule has 0 unspecified atom stereocenters. The maximum absolute atomic E-state index is 12.2. The first-order valence-corrected chi connectivity index (χ1v) is 9.42. The maximum Gasteiger partial charge on any atom is 0.340 e. The summed E-state index contributed by atoms with van der Waals surface area (Å²) in [5.41, 5.74) is 1.85. The van der Waals surface area contributed by atoms with Gasteiger partial charge in [-0.05, 0) is 36.1 Å². The van der Waals surface area contributed by atoms with Gasteiger partial charge in [-0.15, -0.1) is 11.3 Å². The molecule has 1 amide bonds. The van der Waals surface area contributed by atoms with Gasteiger partial charge in [-0.2, -0.15) is 0 Å². The van der Waals surface area contributed by atoms with Crippen LogP contribution in [0.15, 0.2) is 35.7 Å². The molecule has 0 radical (unpaired) electrons. The number of methoxy groups -OCH3 is 1. The SMILES string of the molecule is COC(=O)c1cc(NC(=O)CCc2cccs2)ccc1N1CCOCC1. The molecule has 1 aliphatic rings. The fourth-order valence-electron chi connectivity index (χ4n) is 2.88. The second kappa shape index (κ2) is 8.82. The largest absolute Gasteiger partial charge is 0.465 e. The molecule has 3 rings (SSSR count). The summed E-state index contributed by atoms with van der Waals surface area (Å²) in [6, 6.07) is 9.35. The number of nitrogens with zero attached hydrogens (tertiary/aromatic N) is 1. The molecule has 1 aromatic carbocycles. The number of ether oxygens (including phenoxy) is 2. The summed E-state index contributed by atoms with van der Waals surface area (Å²) in [6.07, 6.45) is 1.11. The molecule has 0 spiro atoms. The Hall–Kier alpha value is -2.38. The van der Waals surface area contributed by atoms with Crippen LogP contribution in [0.4, 0.5) is 11.4 Å². The lowest BCUT2D eigenvalue weighted by Gasteiger charge is -2.30. The van der Waals surface area contributed by atoms with Gasteiger partial charge in [0.25, 0.3) is 0 Å². The van der Waals surface area contributed by atoms with Crippen molar-refractivity contribution in [1.82, 2.24) is 0 Å². The number of amides is 1. The van der Waals surface area contributed by atoms with Gasteiger partial charge in [0.2, 0.25) is 5.91 Å². The van der Waals surface area contributed by atoms with E-state index in [1.807, 2.05) is 29.6 Å². The van der Waals surface area contributed by atoms with Crippen LogP contribution >= 0.6 is 11.3 Å². The van der Waals surface area contributed by atoms with Crippen molar-refractivity contribution in [2.75, 3.05) is 43.6 Å². The second-order valence-corrected chi connectivity index (χ2v) is 6.98. The molecule has 2 heterocycles. The van der Waals surface area contributed by atoms with Crippen molar-refractivity contribution >= 4 is 34.6 Å². The standard InChI is InChI=1S/C19H22N2O4S/c1-24-19(23)16-13-14(4-6-17(16)21-8-10-25-11-9-21)20-18(22)7-5-15-3-2-12-26-15/h2-4,6,12-13H,5,7-11H2,1H3,(H,20,22). The highest BCUT2D eigenvalue weighted by atomic mass is 32.1. The molecule has 0 atom stereocenters. The van der Waals surface area contributed by atoms with Crippen LogP contribution in [0.1, 0.15) is 21.7 Å². The van der Waals surface area contributed by atoms with Gasteiger partial charge in [0.05, 0.1) is 31.6 Å². The first kappa shape index (κ1) is 18.4. The van der Waals surface area contributed by atoms with Gasteiger partial charge >= 0.3 is 5.97 Å². The number of aryl methyl sites for hydroxylation is 1. The van der Waals surface area contributed by atoms with Gasteiger partial charge < -0.3 is 19.7 Å². The highest BCUT2D eigenvalue weighted by Gasteiger charge is 2.20. The van der Waals surface area contributed by atoms with Gasteiger partial charge in [0, 0.05) is 30.1 Å². The fourth-order valence-corrected chi connectivity index (χ4v) is 3.59. The highest BCUT2D eigenvalue weighted by Crippen LogP contribution is 2.26. The van der Waals surface area contributed by atoms with Crippen LogP contribution in [0.3, 0.4) is 0 Å². The number of rotatable bonds is 6. The number of morpholine rings is 1. The van der Waals surface area contributed by atoms with E-state index in [1.54, 1.807) is 17.4 Å². The van der Waals surface area contributed by atoms with Crippen molar-refractivity contribution in [3.05, 3.63) is 46.2 Å². The molecule has 0 aliphatic carbocycles. The zero-order valence-corrected chi connectivity index (χ0v) is 15.5. The number of hydrogen-bond donors (Lipinski definition) is 1. The lowest BCUT2D eigenvalue weighted by molar-refractivity contribution is -0.116. The van der Waals surface area contributed by atoms with Crippen molar-refractivity contribution in [2.45, 2.75) is 12.8 Å².